The second-order valence-electron chi connectivity index (χ2n) is 4.68. The van der Waals surface area contributed by atoms with E-state index in [1.807, 2.05) is 0 Å². The van der Waals surface area contributed by atoms with Gasteiger partial charge in [-0.25, -0.2) is 9.78 Å². The monoisotopic (exact) mass is 322 g/mol. The number of fused-ring (bicyclic) bond motifs is 1. The highest BCUT2D eigenvalue weighted by molar-refractivity contribution is 5.88. The number of H-pyrrole nitrogens is 1. The summed E-state index contributed by atoms with van der Waals surface area (Å²) in [6.07, 6.45) is -3.12. The van der Waals surface area contributed by atoms with Crippen molar-refractivity contribution in [2.45, 2.75) is 6.18 Å². The highest BCUT2D eigenvalue weighted by Crippen LogP contribution is 2.33. The average molecular weight is 322 g/mol. The fourth-order valence-corrected chi connectivity index (χ4v) is 2.08. The van der Waals surface area contributed by atoms with Gasteiger partial charge in [0.15, 0.2) is 0 Å². The number of ether oxygens (including phenoxy) is 1. The van der Waals surface area contributed by atoms with Gasteiger partial charge in [0.2, 0.25) is 5.88 Å². The number of aromatic amines is 1. The number of carboxylic acid groups (broad SMARTS) is 1. The summed E-state index contributed by atoms with van der Waals surface area (Å²) >= 11 is 0. The van der Waals surface area contributed by atoms with Crippen molar-refractivity contribution in [1.29, 1.82) is 0 Å². The second-order valence-corrected chi connectivity index (χ2v) is 4.68. The Labute approximate surface area is 127 Å². The molecule has 0 unspecified atom stereocenters. The maximum atomic E-state index is 12.8. The second kappa shape index (κ2) is 5.31. The van der Waals surface area contributed by atoms with Gasteiger partial charge in [0.1, 0.15) is 11.4 Å². The zero-order valence-corrected chi connectivity index (χ0v) is 11.4. The van der Waals surface area contributed by atoms with E-state index in [2.05, 4.69) is 9.97 Å². The van der Waals surface area contributed by atoms with Gasteiger partial charge in [-0.05, 0) is 24.3 Å². The fraction of sp³-hybridized carbons (Fsp3) is 0.0667. The number of nitrogens with one attached hydrogen (secondary N) is 1. The number of carboxylic acids is 1. The summed E-state index contributed by atoms with van der Waals surface area (Å²) in [5.41, 5.74) is -1.15. The van der Waals surface area contributed by atoms with E-state index in [0.717, 1.165) is 11.6 Å². The highest BCUT2D eigenvalue weighted by Gasteiger charge is 2.34. The summed E-state index contributed by atoms with van der Waals surface area (Å²) < 4.78 is 43.9. The van der Waals surface area contributed by atoms with Crippen LogP contribution in [0.5, 0.6) is 11.6 Å². The Hall–Kier alpha value is -3.03. The van der Waals surface area contributed by atoms with Crippen LogP contribution in [0.25, 0.3) is 10.9 Å². The minimum atomic E-state index is -4.77. The minimum Gasteiger partial charge on any atom is -0.478 e. The SMILES string of the molecule is O=C(O)c1cc(Oc2cccc3[nH]ccc23)nc(C(F)(F)F)c1. The lowest BCUT2D eigenvalue weighted by Gasteiger charge is -2.11. The van der Waals surface area contributed by atoms with E-state index in [0.29, 0.717) is 11.5 Å². The van der Waals surface area contributed by atoms with Gasteiger partial charge in [-0.1, -0.05) is 6.07 Å². The van der Waals surface area contributed by atoms with Crippen molar-refractivity contribution in [1.82, 2.24) is 9.97 Å². The number of halogens is 3. The lowest BCUT2D eigenvalue weighted by Crippen LogP contribution is -2.11. The number of nitrogens with zero attached hydrogens (tertiary/aromatic N) is 1. The zero-order chi connectivity index (χ0) is 16.6. The van der Waals surface area contributed by atoms with E-state index in [4.69, 9.17) is 9.84 Å². The molecule has 1 aromatic carbocycles. The van der Waals surface area contributed by atoms with Crippen molar-refractivity contribution < 1.29 is 27.8 Å². The molecule has 0 atom stereocenters. The molecule has 23 heavy (non-hydrogen) atoms. The van der Waals surface area contributed by atoms with Crippen LogP contribution in [0.1, 0.15) is 16.1 Å². The summed E-state index contributed by atoms with van der Waals surface area (Å²) in [4.78, 5) is 17.3. The molecule has 0 saturated carbocycles. The molecular formula is C15H9F3N2O3. The molecule has 0 aliphatic rings. The van der Waals surface area contributed by atoms with E-state index in [1.54, 1.807) is 30.5 Å². The van der Waals surface area contributed by atoms with E-state index in [9.17, 15) is 18.0 Å². The summed E-state index contributed by atoms with van der Waals surface area (Å²) in [5.74, 6) is -1.67. The van der Waals surface area contributed by atoms with Crippen LogP contribution in [0.4, 0.5) is 13.2 Å². The number of aromatic carboxylic acids is 1. The average Bonchev–Trinajstić information content (AvgIpc) is 2.95. The molecule has 3 rings (SSSR count). The number of aromatic nitrogens is 2. The number of hydrogen-bond acceptors (Lipinski definition) is 3. The van der Waals surface area contributed by atoms with Crippen LogP contribution in [-0.4, -0.2) is 21.0 Å². The van der Waals surface area contributed by atoms with E-state index < -0.39 is 29.3 Å². The van der Waals surface area contributed by atoms with Gasteiger partial charge in [0.25, 0.3) is 0 Å². The van der Waals surface area contributed by atoms with Crippen LogP contribution in [0.2, 0.25) is 0 Å². The maximum Gasteiger partial charge on any atom is 0.433 e. The molecule has 2 N–H and O–H groups in total. The van der Waals surface area contributed by atoms with Crippen LogP contribution in [0.3, 0.4) is 0 Å². The topological polar surface area (TPSA) is 75.2 Å². The van der Waals surface area contributed by atoms with Crippen molar-refractivity contribution >= 4 is 16.9 Å². The van der Waals surface area contributed by atoms with Crippen molar-refractivity contribution in [3.05, 3.63) is 53.9 Å². The number of carbonyl (C=O) groups is 1. The Morgan fingerprint density at radius 3 is 2.70 bits per heavy atom. The summed E-state index contributed by atoms with van der Waals surface area (Å²) in [7, 11) is 0. The molecular weight excluding hydrogens is 313 g/mol. The zero-order valence-electron chi connectivity index (χ0n) is 11.4. The molecule has 0 fully saturated rings. The summed E-state index contributed by atoms with van der Waals surface area (Å²) in [6.45, 7) is 0. The molecule has 2 heterocycles. The van der Waals surface area contributed by atoms with Gasteiger partial charge in [-0.15, -0.1) is 0 Å². The first kappa shape index (κ1) is 14.9. The van der Waals surface area contributed by atoms with Crippen molar-refractivity contribution in [3.63, 3.8) is 0 Å². The number of benzene rings is 1. The third-order valence-electron chi connectivity index (χ3n) is 3.11. The molecule has 3 aromatic rings. The first-order valence-corrected chi connectivity index (χ1v) is 6.41. The van der Waals surface area contributed by atoms with Crippen LogP contribution >= 0.6 is 0 Å². The number of rotatable bonds is 3. The first-order valence-electron chi connectivity index (χ1n) is 6.41. The molecule has 2 aromatic heterocycles. The van der Waals surface area contributed by atoms with Crippen LogP contribution in [0, 0.1) is 0 Å². The predicted molar refractivity (Wildman–Crippen MR) is 74.6 cm³/mol. The van der Waals surface area contributed by atoms with Crippen LogP contribution in [0.15, 0.2) is 42.6 Å². The maximum absolute atomic E-state index is 12.8. The van der Waals surface area contributed by atoms with Gasteiger partial charge in [0, 0.05) is 23.2 Å². The number of pyridine rings is 1. The normalized spacial score (nSPS) is 11.6. The number of alkyl halides is 3. The van der Waals surface area contributed by atoms with Crippen molar-refractivity contribution in [2.75, 3.05) is 0 Å². The predicted octanol–water partition coefficient (Wildman–Crippen LogP) is 4.07. The largest absolute Gasteiger partial charge is 0.478 e. The first-order chi connectivity index (χ1) is 10.8. The lowest BCUT2D eigenvalue weighted by atomic mass is 10.2. The molecule has 0 aliphatic carbocycles. The molecule has 0 spiro atoms. The third-order valence-corrected chi connectivity index (χ3v) is 3.11. The Morgan fingerprint density at radius 2 is 2.00 bits per heavy atom. The standard InChI is InChI=1S/C15H9F3N2O3/c16-15(17,18)12-6-8(14(21)22)7-13(20-12)23-11-3-1-2-10-9(11)4-5-19-10/h1-7,19H,(H,21,22). The molecule has 0 amide bonds. The lowest BCUT2D eigenvalue weighted by molar-refractivity contribution is -0.141. The van der Waals surface area contributed by atoms with Crippen LogP contribution < -0.4 is 4.74 Å². The van der Waals surface area contributed by atoms with Crippen LogP contribution in [-0.2, 0) is 6.18 Å². The molecule has 118 valence electrons. The molecule has 0 saturated heterocycles. The fourth-order valence-electron chi connectivity index (χ4n) is 2.08. The van der Waals surface area contributed by atoms with Crippen molar-refractivity contribution in [2.24, 2.45) is 0 Å². The van der Waals surface area contributed by atoms with E-state index >= 15 is 0 Å². The van der Waals surface area contributed by atoms with Gasteiger partial charge < -0.3 is 14.8 Å². The smallest absolute Gasteiger partial charge is 0.433 e. The van der Waals surface area contributed by atoms with Gasteiger partial charge in [-0.3, -0.25) is 0 Å². The van der Waals surface area contributed by atoms with Gasteiger partial charge >= 0.3 is 12.1 Å². The van der Waals surface area contributed by atoms with E-state index in [1.165, 1.54) is 0 Å². The highest BCUT2D eigenvalue weighted by atomic mass is 19.4. The van der Waals surface area contributed by atoms with Gasteiger partial charge in [-0.2, -0.15) is 13.2 Å². The molecule has 0 aliphatic heterocycles. The number of hydrogen-bond donors (Lipinski definition) is 2. The summed E-state index contributed by atoms with van der Waals surface area (Å²) in [5, 5.41) is 9.59. The minimum absolute atomic E-state index is 0.270. The van der Waals surface area contributed by atoms with E-state index in [-0.39, 0.29) is 5.75 Å². The molecule has 5 nitrogen and oxygen atoms in total. The van der Waals surface area contributed by atoms with Crippen molar-refractivity contribution in [3.8, 4) is 11.6 Å². The molecule has 8 heteroatoms. The Morgan fingerprint density at radius 1 is 1.22 bits per heavy atom. The summed E-state index contributed by atoms with van der Waals surface area (Å²) in [6, 6.07) is 8.08. The Balaban J connectivity index is 2.07. The quantitative estimate of drug-likeness (QED) is 0.762. The molecule has 0 bridgehead atoms. The third kappa shape index (κ3) is 2.96. The molecule has 0 radical (unpaired) electrons. The Bertz CT molecular complexity index is 887. The Kier molecular flexibility index (Phi) is 3.44. The van der Waals surface area contributed by atoms with Gasteiger partial charge in [0.05, 0.1) is 5.56 Å².